The Hall–Kier alpha value is -4.68. The molecule has 0 N–H and O–H groups in total. The van der Waals surface area contributed by atoms with Crippen LogP contribution in [0.2, 0.25) is 5.02 Å². The maximum Gasteiger partial charge on any atom is 0.356 e. The van der Waals surface area contributed by atoms with Gasteiger partial charge in [-0.15, -0.1) is 0 Å². The van der Waals surface area contributed by atoms with Gasteiger partial charge in [-0.2, -0.15) is 0 Å². The third-order valence-electron chi connectivity index (χ3n) is 6.79. The summed E-state index contributed by atoms with van der Waals surface area (Å²) < 4.78 is 8.43. The third kappa shape index (κ3) is 3.78. The smallest absolute Gasteiger partial charge is 0.356 e. The van der Waals surface area contributed by atoms with E-state index in [1.807, 2.05) is 54.6 Å². The number of esters is 1. The predicted octanol–water partition coefficient (Wildman–Crippen LogP) is 6.46. The number of halogens is 1. The van der Waals surface area contributed by atoms with E-state index in [2.05, 4.69) is 0 Å². The van der Waals surface area contributed by atoms with Gasteiger partial charge in [0, 0.05) is 33.8 Å². The lowest BCUT2D eigenvalue weighted by molar-refractivity contribution is 0.0443. The average molecular weight is 521 g/mol. The highest BCUT2D eigenvalue weighted by Crippen LogP contribution is 2.32. The Morgan fingerprint density at radius 1 is 0.737 bits per heavy atom. The maximum atomic E-state index is 13.6. The zero-order valence-corrected chi connectivity index (χ0v) is 21.1. The van der Waals surface area contributed by atoms with Crippen LogP contribution in [0.15, 0.2) is 102 Å². The molecule has 0 aliphatic carbocycles. The normalized spacial score (nSPS) is 11.3. The van der Waals surface area contributed by atoms with E-state index in [0.717, 1.165) is 21.8 Å². The van der Waals surface area contributed by atoms with Crippen LogP contribution in [-0.4, -0.2) is 27.6 Å². The van der Waals surface area contributed by atoms with Crippen LogP contribution in [-0.2, 0) is 11.8 Å². The van der Waals surface area contributed by atoms with Gasteiger partial charge in [-0.1, -0.05) is 78.3 Å². The van der Waals surface area contributed by atoms with Gasteiger partial charge in [0.1, 0.15) is 5.69 Å². The first-order valence-electron chi connectivity index (χ1n) is 12.0. The molecular weight excluding hydrogens is 500 g/mol. The van der Waals surface area contributed by atoms with E-state index in [0.29, 0.717) is 26.9 Å². The first-order chi connectivity index (χ1) is 18.5. The van der Waals surface area contributed by atoms with Crippen molar-refractivity contribution >= 4 is 56.1 Å². The number of pyridine rings is 1. The summed E-state index contributed by atoms with van der Waals surface area (Å²) in [4.78, 5) is 40.2. The molecular formula is C31H21ClN2O4. The van der Waals surface area contributed by atoms with E-state index < -0.39 is 18.5 Å². The average Bonchev–Trinajstić information content (AvgIpc) is 3.28. The van der Waals surface area contributed by atoms with Crippen molar-refractivity contribution in [2.45, 2.75) is 0 Å². The number of aromatic nitrogens is 2. The Bertz CT molecular complexity index is 1900. The quantitative estimate of drug-likeness (QED) is 0.250. The number of ether oxygens (including phenoxy) is 1. The standard InChI is InChI=1S/C31H21ClN2O4/c1-33-29(28(19-14-16-20(32)17-15-19)23-10-2-3-11-24(23)30(33)36)31(37)38-18-27(35)34-25-12-6-4-8-21(25)22-9-5-7-13-26(22)34/h2-17H,18H2,1H3. The summed E-state index contributed by atoms with van der Waals surface area (Å²) in [7, 11) is 1.53. The molecule has 0 bridgehead atoms. The van der Waals surface area contributed by atoms with Crippen LogP contribution in [0, 0.1) is 0 Å². The van der Waals surface area contributed by atoms with Gasteiger partial charge in [-0.25, -0.2) is 4.79 Å². The molecule has 0 saturated heterocycles. The van der Waals surface area contributed by atoms with Crippen LogP contribution in [0.25, 0.3) is 43.7 Å². The molecule has 4 aromatic carbocycles. The fourth-order valence-electron chi connectivity index (χ4n) is 5.06. The topological polar surface area (TPSA) is 70.3 Å². The van der Waals surface area contributed by atoms with Crippen molar-refractivity contribution in [3.8, 4) is 11.1 Å². The summed E-state index contributed by atoms with van der Waals surface area (Å²) in [5.74, 6) is -1.16. The van der Waals surface area contributed by atoms with Gasteiger partial charge in [-0.05, 0) is 41.3 Å². The molecule has 0 amide bonds. The van der Waals surface area contributed by atoms with Gasteiger partial charge in [0.2, 0.25) is 0 Å². The van der Waals surface area contributed by atoms with Crippen LogP contribution in [0.3, 0.4) is 0 Å². The highest BCUT2D eigenvalue weighted by atomic mass is 35.5. The molecule has 186 valence electrons. The highest BCUT2D eigenvalue weighted by Gasteiger charge is 2.24. The van der Waals surface area contributed by atoms with Crippen molar-refractivity contribution in [1.82, 2.24) is 9.13 Å². The van der Waals surface area contributed by atoms with Gasteiger partial charge < -0.3 is 9.30 Å². The van der Waals surface area contributed by atoms with E-state index in [1.165, 1.54) is 11.6 Å². The first-order valence-corrected chi connectivity index (χ1v) is 12.4. The molecule has 6 nitrogen and oxygen atoms in total. The third-order valence-corrected chi connectivity index (χ3v) is 7.04. The predicted molar refractivity (Wildman–Crippen MR) is 150 cm³/mol. The zero-order chi connectivity index (χ0) is 26.4. The Balaban J connectivity index is 1.43. The van der Waals surface area contributed by atoms with Gasteiger partial charge in [0.25, 0.3) is 11.5 Å². The molecule has 6 aromatic rings. The summed E-state index contributed by atoms with van der Waals surface area (Å²) in [6.45, 7) is -0.497. The minimum absolute atomic E-state index is 0.0612. The molecule has 7 heteroatoms. The van der Waals surface area contributed by atoms with Gasteiger partial charge in [0.15, 0.2) is 6.61 Å². The Morgan fingerprint density at radius 3 is 1.87 bits per heavy atom. The van der Waals surface area contributed by atoms with Crippen molar-refractivity contribution < 1.29 is 14.3 Å². The monoisotopic (exact) mass is 520 g/mol. The lowest BCUT2D eigenvalue weighted by Crippen LogP contribution is -2.27. The second-order valence-corrected chi connectivity index (χ2v) is 9.42. The van der Waals surface area contributed by atoms with Crippen LogP contribution in [0.5, 0.6) is 0 Å². The lowest BCUT2D eigenvalue weighted by atomic mass is 9.97. The van der Waals surface area contributed by atoms with Crippen LogP contribution in [0.4, 0.5) is 0 Å². The van der Waals surface area contributed by atoms with Crippen molar-refractivity contribution in [2.24, 2.45) is 7.05 Å². The number of benzene rings is 4. The first kappa shape index (κ1) is 23.7. The number of carbonyl (C=O) groups is 2. The number of para-hydroxylation sites is 2. The Morgan fingerprint density at radius 2 is 1.26 bits per heavy atom. The van der Waals surface area contributed by atoms with Crippen molar-refractivity contribution in [2.75, 3.05) is 6.61 Å². The SMILES string of the molecule is Cn1c(C(=O)OCC(=O)n2c3ccccc3c3ccccc32)c(-c2ccc(Cl)cc2)c2ccccc2c1=O. The number of carbonyl (C=O) groups excluding carboxylic acids is 2. The second kappa shape index (κ2) is 9.32. The Kier molecular flexibility index (Phi) is 5.81. The maximum absolute atomic E-state index is 13.6. The molecule has 2 aromatic heterocycles. The number of nitrogens with zero attached hydrogens (tertiary/aromatic N) is 2. The summed E-state index contributed by atoms with van der Waals surface area (Å²) in [5, 5.41) is 3.50. The molecule has 0 aliphatic rings. The zero-order valence-electron chi connectivity index (χ0n) is 20.4. The molecule has 0 fully saturated rings. The number of rotatable bonds is 4. The number of hydrogen-bond donors (Lipinski definition) is 0. The lowest BCUT2D eigenvalue weighted by Gasteiger charge is -2.17. The van der Waals surface area contributed by atoms with Crippen LogP contribution < -0.4 is 5.56 Å². The molecule has 38 heavy (non-hydrogen) atoms. The molecule has 0 aliphatic heterocycles. The number of fused-ring (bicyclic) bond motifs is 4. The van der Waals surface area contributed by atoms with Crippen molar-refractivity contribution in [1.29, 1.82) is 0 Å². The molecule has 0 atom stereocenters. The van der Waals surface area contributed by atoms with E-state index in [-0.39, 0.29) is 11.3 Å². The molecule has 0 radical (unpaired) electrons. The summed E-state index contributed by atoms with van der Waals surface area (Å²) in [6, 6.07) is 29.3. The van der Waals surface area contributed by atoms with E-state index in [1.54, 1.807) is 47.0 Å². The van der Waals surface area contributed by atoms with Gasteiger partial charge in [0.05, 0.1) is 11.0 Å². The van der Waals surface area contributed by atoms with Crippen LogP contribution in [0.1, 0.15) is 15.3 Å². The molecule has 0 saturated carbocycles. The summed E-state index contributed by atoms with van der Waals surface area (Å²) >= 11 is 6.11. The molecule has 2 heterocycles. The second-order valence-electron chi connectivity index (χ2n) is 8.98. The fourth-order valence-corrected chi connectivity index (χ4v) is 5.19. The summed E-state index contributed by atoms with van der Waals surface area (Å²) in [5.41, 5.74) is 2.42. The number of hydrogen-bond acceptors (Lipinski definition) is 4. The van der Waals surface area contributed by atoms with E-state index in [4.69, 9.17) is 16.3 Å². The Labute approximate surface area is 222 Å². The van der Waals surface area contributed by atoms with Gasteiger partial charge in [-0.3, -0.25) is 14.2 Å². The highest BCUT2D eigenvalue weighted by molar-refractivity contribution is 6.30. The van der Waals surface area contributed by atoms with Gasteiger partial charge >= 0.3 is 5.97 Å². The van der Waals surface area contributed by atoms with E-state index >= 15 is 0 Å². The minimum atomic E-state index is -0.769. The molecule has 0 unspecified atom stereocenters. The molecule has 6 rings (SSSR count). The minimum Gasteiger partial charge on any atom is -0.451 e. The van der Waals surface area contributed by atoms with Crippen molar-refractivity contribution in [3.63, 3.8) is 0 Å². The van der Waals surface area contributed by atoms with Crippen LogP contribution >= 0.6 is 11.6 Å². The molecule has 0 spiro atoms. The fraction of sp³-hybridized carbons (Fsp3) is 0.0645. The summed E-state index contributed by atoms with van der Waals surface area (Å²) in [6.07, 6.45) is 0. The largest absolute Gasteiger partial charge is 0.451 e. The van der Waals surface area contributed by atoms with E-state index in [9.17, 15) is 14.4 Å². The van der Waals surface area contributed by atoms with Crippen molar-refractivity contribution in [3.05, 3.63) is 118 Å².